The van der Waals surface area contributed by atoms with Gasteiger partial charge in [-0.1, -0.05) is 18.2 Å². The molecule has 1 amide bonds. The van der Waals surface area contributed by atoms with Crippen molar-refractivity contribution in [3.63, 3.8) is 0 Å². The fraction of sp³-hybridized carbons (Fsp3) is 0.333. The Morgan fingerprint density at radius 3 is 2.39 bits per heavy atom. The molecule has 0 unspecified atom stereocenters. The molecule has 1 aromatic rings. The maximum atomic E-state index is 11.0. The van der Waals surface area contributed by atoms with E-state index in [9.17, 15) is 9.59 Å². The lowest BCUT2D eigenvalue weighted by Crippen LogP contribution is -2.39. The van der Waals surface area contributed by atoms with E-state index in [-0.39, 0.29) is 11.8 Å². The Morgan fingerprint density at radius 2 is 1.89 bits per heavy atom. The zero-order chi connectivity index (χ0) is 13.1. The topological polar surface area (TPSA) is 77.8 Å². The molecule has 6 heteroatoms. The number of carboxylic acid groups (broad SMARTS) is 2. The van der Waals surface area contributed by atoms with Crippen molar-refractivity contribution in [2.24, 2.45) is 0 Å². The predicted molar refractivity (Wildman–Crippen MR) is 66.9 cm³/mol. The molecule has 2 atom stereocenters. The van der Waals surface area contributed by atoms with Crippen molar-refractivity contribution in [1.29, 1.82) is 0 Å². The summed E-state index contributed by atoms with van der Waals surface area (Å²) in [6, 6.07) is 8.65. The van der Waals surface area contributed by atoms with Crippen molar-refractivity contribution >= 4 is 23.8 Å². The molecule has 5 nitrogen and oxygen atoms in total. The van der Waals surface area contributed by atoms with Gasteiger partial charge in [0, 0.05) is 16.7 Å². The Morgan fingerprint density at radius 1 is 1.22 bits per heavy atom. The third-order valence-corrected chi connectivity index (χ3v) is 4.06. The molecule has 0 aromatic heterocycles. The van der Waals surface area contributed by atoms with E-state index >= 15 is 0 Å². The van der Waals surface area contributed by atoms with Crippen molar-refractivity contribution in [3.05, 3.63) is 30.3 Å². The molecule has 1 aromatic carbocycles. The van der Waals surface area contributed by atoms with Gasteiger partial charge >= 0.3 is 12.1 Å². The lowest BCUT2D eigenvalue weighted by Gasteiger charge is -2.16. The van der Waals surface area contributed by atoms with Gasteiger partial charge in [-0.15, -0.1) is 11.8 Å². The number of carboxylic acids is 1. The minimum atomic E-state index is -1.17. The van der Waals surface area contributed by atoms with Gasteiger partial charge in [0.15, 0.2) is 0 Å². The fourth-order valence-electron chi connectivity index (χ4n) is 2.02. The minimum absolute atomic E-state index is 0.00963. The number of likely N-dealkylation sites (tertiary alicyclic amines) is 1. The summed E-state index contributed by atoms with van der Waals surface area (Å²) in [5.74, 6) is -1.08. The number of aliphatic carboxylic acids is 1. The van der Waals surface area contributed by atoms with Gasteiger partial charge in [-0.2, -0.15) is 0 Å². The quantitative estimate of drug-likeness (QED) is 0.875. The van der Waals surface area contributed by atoms with E-state index in [0.717, 1.165) is 9.80 Å². The van der Waals surface area contributed by atoms with Gasteiger partial charge in [0.05, 0.1) is 0 Å². The van der Waals surface area contributed by atoms with E-state index in [1.54, 1.807) is 0 Å². The van der Waals surface area contributed by atoms with E-state index in [1.807, 2.05) is 30.3 Å². The average Bonchev–Trinajstić information content (AvgIpc) is 2.74. The Bertz CT molecular complexity index is 429. The fourth-order valence-corrected chi connectivity index (χ4v) is 3.23. The molecule has 1 fully saturated rings. The average molecular weight is 267 g/mol. The van der Waals surface area contributed by atoms with Crippen molar-refractivity contribution in [1.82, 2.24) is 4.90 Å². The monoisotopic (exact) mass is 267 g/mol. The zero-order valence-electron chi connectivity index (χ0n) is 9.52. The second-order valence-electron chi connectivity index (χ2n) is 4.08. The molecule has 96 valence electrons. The molecule has 1 heterocycles. The van der Waals surface area contributed by atoms with Crippen LogP contribution in [0.4, 0.5) is 4.79 Å². The first-order valence-corrected chi connectivity index (χ1v) is 6.40. The van der Waals surface area contributed by atoms with Gasteiger partial charge in [-0.05, 0) is 18.6 Å². The maximum Gasteiger partial charge on any atom is 0.408 e. The first kappa shape index (κ1) is 12.8. The van der Waals surface area contributed by atoms with Gasteiger partial charge < -0.3 is 10.2 Å². The van der Waals surface area contributed by atoms with Crippen LogP contribution in [-0.2, 0) is 4.79 Å². The molecule has 0 saturated carbocycles. The summed E-state index contributed by atoms with van der Waals surface area (Å²) in [6.45, 7) is 0.256. The zero-order valence-corrected chi connectivity index (χ0v) is 10.3. The second kappa shape index (κ2) is 5.30. The lowest BCUT2D eigenvalue weighted by molar-refractivity contribution is -0.141. The van der Waals surface area contributed by atoms with Crippen LogP contribution in [0.3, 0.4) is 0 Å². The summed E-state index contributed by atoms with van der Waals surface area (Å²) in [7, 11) is 0. The first-order valence-electron chi connectivity index (χ1n) is 5.52. The highest BCUT2D eigenvalue weighted by atomic mass is 32.2. The minimum Gasteiger partial charge on any atom is -0.480 e. The number of carbonyl (C=O) groups is 2. The van der Waals surface area contributed by atoms with Crippen molar-refractivity contribution in [2.75, 3.05) is 6.54 Å². The highest BCUT2D eigenvalue weighted by Gasteiger charge is 2.40. The predicted octanol–water partition coefficient (Wildman–Crippen LogP) is 1.98. The maximum absolute atomic E-state index is 11.0. The highest BCUT2D eigenvalue weighted by molar-refractivity contribution is 8.00. The van der Waals surface area contributed by atoms with Crippen LogP contribution in [0.2, 0.25) is 0 Å². The Balaban J connectivity index is 2.05. The van der Waals surface area contributed by atoms with E-state index in [1.165, 1.54) is 11.8 Å². The molecule has 0 spiro atoms. The number of thioether (sulfide) groups is 1. The molecule has 1 aliphatic heterocycles. The van der Waals surface area contributed by atoms with E-state index in [4.69, 9.17) is 10.2 Å². The smallest absolute Gasteiger partial charge is 0.408 e. The van der Waals surface area contributed by atoms with Gasteiger partial charge in [-0.25, -0.2) is 9.59 Å². The third kappa shape index (κ3) is 2.76. The Hall–Kier alpha value is -1.69. The summed E-state index contributed by atoms with van der Waals surface area (Å²) in [4.78, 5) is 24.0. The Labute approximate surface area is 108 Å². The number of rotatable bonds is 3. The van der Waals surface area contributed by atoms with Crippen LogP contribution in [0.1, 0.15) is 6.42 Å². The number of benzene rings is 1. The van der Waals surface area contributed by atoms with Crippen LogP contribution in [0.15, 0.2) is 35.2 Å². The van der Waals surface area contributed by atoms with Gasteiger partial charge in [-0.3, -0.25) is 4.90 Å². The first-order chi connectivity index (χ1) is 8.58. The third-order valence-electron chi connectivity index (χ3n) is 2.84. The number of hydrogen-bond acceptors (Lipinski definition) is 3. The molecular weight excluding hydrogens is 254 g/mol. The van der Waals surface area contributed by atoms with Crippen molar-refractivity contribution in [3.8, 4) is 0 Å². The van der Waals surface area contributed by atoms with Crippen LogP contribution in [0.5, 0.6) is 0 Å². The van der Waals surface area contributed by atoms with E-state index < -0.39 is 18.1 Å². The van der Waals surface area contributed by atoms with Crippen LogP contribution in [0.25, 0.3) is 0 Å². The number of amides is 1. The molecule has 18 heavy (non-hydrogen) atoms. The Kier molecular flexibility index (Phi) is 3.76. The van der Waals surface area contributed by atoms with Crippen molar-refractivity contribution < 1.29 is 19.8 Å². The molecule has 0 bridgehead atoms. The normalized spacial score (nSPS) is 23.0. The second-order valence-corrected chi connectivity index (χ2v) is 5.45. The molecule has 0 aliphatic carbocycles. The highest BCUT2D eigenvalue weighted by Crippen LogP contribution is 2.32. The van der Waals surface area contributed by atoms with Crippen LogP contribution < -0.4 is 0 Å². The van der Waals surface area contributed by atoms with E-state index in [0.29, 0.717) is 6.42 Å². The standard InChI is InChI=1S/C12H13NO4S/c14-11(15)10-6-9(7-13(10)12(16)17)18-8-4-2-1-3-5-8/h1-5,9-10H,6-7H2,(H,14,15)(H,16,17)/t9-,10+/m1/s1. The van der Waals surface area contributed by atoms with Gasteiger partial charge in [0.1, 0.15) is 6.04 Å². The van der Waals surface area contributed by atoms with Gasteiger partial charge in [0.25, 0.3) is 0 Å². The molecule has 1 aliphatic rings. The summed E-state index contributed by atoms with van der Waals surface area (Å²) < 4.78 is 0. The van der Waals surface area contributed by atoms with Gasteiger partial charge in [0.2, 0.25) is 0 Å². The molecule has 1 saturated heterocycles. The van der Waals surface area contributed by atoms with Crippen LogP contribution in [-0.4, -0.2) is 45.0 Å². The largest absolute Gasteiger partial charge is 0.480 e. The molecular formula is C12H13NO4S. The lowest BCUT2D eigenvalue weighted by atomic mass is 10.2. The van der Waals surface area contributed by atoms with E-state index in [2.05, 4.69) is 0 Å². The number of hydrogen-bond donors (Lipinski definition) is 2. The molecule has 0 radical (unpaired) electrons. The van der Waals surface area contributed by atoms with Crippen molar-refractivity contribution in [2.45, 2.75) is 22.6 Å². The summed E-state index contributed by atoms with van der Waals surface area (Å²) in [6.07, 6.45) is -0.820. The summed E-state index contributed by atoms with van der Waals surface area (Å²) in [5.41, 5.74) is 0. The van der Waals surface area contributed by atoms with Crippen LogP contribution >= 0.6 is 11.8 Å². The van der Waals surface area contributed by atoms with Crippen LogP contribution in [0, 0.1) is 0 Å². The summed E-state index contributed by atoms with van der Waals surface area (Å²) in [5, 5.41) is 18.0. The number of nitrogens with zero attached hydrogens (tertiary/aromatic N) is 1. The SMILES string of the molecule is O=C(O)[C@@H]1C[C@@H](Sc2ccccc2)CN1C(=O)O. The molecule has 2 rings (SSSR count). The molecule has 2 N–H and O–H groups in total. The summed E-state index contributed by atoms with van der Waals surface area (Å²) >= 11 is 1.53.